The Morgan fingerprint density at radius 1 is 1.00 bits per heavy atom. The molecule has 17 heavy (non-hydrogen) atoms. The Kier molecular flexibility index (Phi) is 7.44. The van der Waals surface area contributed by atoms with Crippen LogP contribution in [0.2, 0.25) is 0 Å². The first-order chi connectivity index (χ1) is 8.38. The van der Waals surface area contributed by atoms with E-state index in [4.69, 9.17) is 0 Å². The molecular weight excluding hydrogens is 208 g/mol. The van der Waals surface area contributed by atoms with Gasteiger partial charge in [0.05, 0.1) is 5.71 Å². The SMILES string of the molecule is CCCCCC1=CC=CNN=C1CCCCC. The van der Waals surface area contributed by atoms with Crippen molar-refractivity contribution in [3.8, 4) is 0 Å². The summed E-state index contributed by atoms with van der Waals surface area (Å²) in [6.45, 7) is 4.49. The van der Waals surface area contributed by atoms with E-state index in [1.54, 1.807) is 0 Å². The minimum absolute atomic E-state index is 1.11. The highest BCUT2D eigenvalue weighted by molar-refractivity contribution is 6.00. The van der Waals surface area contributed by atoms with Crippen molar-refractivity contribution in [1.29, 1.82) is 0 Å². The second kappa shape index (κ2) is 9.03. The van der Waals surface area contributed by atoms with E-state index in [0.717, 1.165) is 6.42 Å². The quantitative estimate of drug-likeness (QED) is 0.612. The van der Waals surface area contributed by atoms with Gasteiger partial charge in [-0.2, -0.15) is 5.10 Å². The predicted molar refractivity (Wildman–Crippen MR) is 76.1 cm³/mol. The number of allylic oxidation sites excluding steroid dienone is 3. The van der Waals surface area contributed by atoms with Crippen molar-refractivity contribution >= 4 is 5.71 Å². The maximum atomic E-state index is 4.47. The molecule has 0 aromatic heterocycles. The molecule has 1 heterocycles. The first kappa shape index (κ1) is 14.0. The number of hydrazone groups is 1. The van der Waals surface area contributed by atoms with Gasteiger partial charge in [0, 0.05) is 6.20 Å². The van der Waals surface area contributed by atoms with E-state index in [2.05, 4.69) is 36.5 Å². The first-order valence-corrected chi connectivity index (χ1v) is 7.06. The fraction of sp³-hybridized carbons (Fsp3) is 0.667. The molecule has 1 rings (SSSR count). The second-order valence-corrected chi connectivity index (χ2v) is 4.65. The van der Waals surface area contributed by atoms with E-state index in [-0.39, 0.29) is 0 Å². The molecule has 0 unspecified atom stereocenters. The van der Waals surface area contributed by atoms with E-state index < -0.39 is 0 Å². The Morgan fingerprint density at radius 2 is 1.71 bits per heavy atom. The number of nitrogens with zero attached hydrogens (tertiary/aromatic N) is 1. The third-order valence-corrected chi connectivity index (χ3v) is 3.11. The molecule has 0 spiro atoms. The standard InChI is InChI=1S/C15H26N2/c1-3-5-7-10-14-11-9-13-16-17-15(14)12-8-6-4-2/h9,11,13,16H,3-8,10,12H2,1-2H3. The summed E-state index contributed by atoms with van der Waals surface area (Å²) in [4.78, 5) is 0. The molecule has 2 nitrogen and oxygen atoms in total. The molecule has 0 aliphatic carbocycles. The molecular formula is C15H26N2. The predicted octanol–water partition coefficient (Wildman–Crippen LogP) is 4.55. The Morgan fingerprint density at radius 3 is 2.41 bits per heavy atom. The van der Waals surface area contributed by atoms with Crippen LogP contribution in [0.1, 0.15) is 65.2 Å². The third kappa shape index (κ3) is 5.71. The van der Waals surface area contributed by atoms with Gasteiger partial charge in [-0.15, -0.1) is 0 Å². The van der Waals surface area contributed by atoms with Crippen molar-refractivity contribution in [2.45, 2.75) is 65.2 Å². The van der Waals surface area contributed by atoms with Crippen molar-refractivity contribution in [2.24, 2.45) is 5.10 Å². The van der Waals surface area contributed by atoms with Gasteiger partial charge in [0.2, 0.25) is 0 Å². The third-order valence-electron chi connectivity index (χ3n) is 3.11. The average molecular weight is 234 g/mol. The summed E-state index contributed by atoms with van der Waals surface area (Å²) in [5, 5.41) is 4.47. The van der Waals surface area contributed by atoms with Crippen LogP contribution in [-0.2, 0) is 0 Å². The zero-order chi connectivity index (χ0) is 12.3. The van der Waals surface area contributed by atoms with Gasteiger partial charge in [-0.05, 0) is 37.3 Å². The number of hydrogen-bond acceptors (Lipinski definition) is 2. The van der Waals surface area contributed by atoms with Crippen LogP contribution in [0.4, 0.5) is 0 Å². The lowest BCUT2D eigenvalue weighted by molar-refractivity contribution is 0.712. The zero-order valence-electron chi connectivity index (χ0n) is 11.3. The summed E-state index contributed by atoms with van der Waals surface area (Å²) in [5.74, 6) is 0. The van der Waals surface area contributed by atoms with Gasteiger partial charge >= 0.3 is 0 Å². The van der Waals surface area contributed by atoms with Gasteiger partial charge in [-0.1, -0.05) is 45.6 Å². The highest BCUT2D eigenvalue weighted by atomic mass is 15.3. The van der Waals surface area contributed by atoms with Crippen LogP contribution in [0.25, 0.3) is 0 Å². The van der Waals surface area contributed by atoms with Gasteiger partial charge in [-0.3, -0.25) is 5.43 Å². The normalized spacial score (nSPS) is 14.9. The highest BCUT2D eigenvalue weighted by Crippen LogP contribution is 2.16. The molecule has 2 heteroatoms. The largest absolute Gasteiger partial charge is 0.286 e. The van der Waals surface area contributed by atoms with Gasteiger partial charge in [-0.25, -0.2) is 0 Å². The lowest BCUT2D eigenvalue weighted by Crippen LogP contribution is -2.07. The Labute approximate surface area is 106 Å². The van der Waals surface area contributed by atoms with Crippen LogP contribution < -0.4 is 5.43 Å². The maximum Gasteiger partial charge on any atom is 0.0638 e. The summed E-state index contributed by atoms with van der Waals surface area (Å²) in [6, 6.07) is 0. The lowest BCUT2D eigenvalue weighted by atomic mass is 9.98. The van der Waals surface area contributed by atoms with Crippen LogP contribution in [0, 0.1) is 0 Å². The van der Waals surface area contributed by atoms with Crippen molar-refractivity contribution in [3.05, 3.63) is 23.9 Å². The molecule has 1 N–H and O–H groups in total. The van der Waals surface area contributed by atoms with E-state index in [0.29, 0.717) is 0 Å². The second-order valence-electron chi connectivity index (χ2n) is 4.65. The summed E-state index contributed by atoms with van der Waals surface area (Å²) < 4.78 is 0. The Balaban J connectivity index is 2.48. The van der Waals surface area contributed by atoms with Gasteiger partial charge in [0.25, 0.3) is 0 Å². The summed E-state index contributed by atoms with van der Waals surface area (Å²) in [7, 11) is 0. The molecule has 1 aliphatic rings. The highest BCUT2D eigenvalue weighted by Gasteiger charge is 2.07. The molecule has 0 bridgehead atoms. The number of nitrogens with one attached hydrogen (secondary N) is 1. The summed E-state index contributed by atoms with van der Waals surface area (Å²) in [5.41, 5.74) is 5.69. The molecule has 0 amide bonds. The topological polar surface area (TPSA) is 24.4 Å². The summed E-state index contributed by atoms with van der Waals surface area (Å²) >= 11 is 0. The molecule has 0 atom stereocenters. The van der Waals surface area contributed by atoms with Crippen molar-refractivity contribution in [3.63, 3.8) is 0 Å². The van der Waals surface area contributed by atoms with E-state index in [1.165, 1.54) is 56.2 Å². The van der Waals surface area contributed by atoms with E-state index in [9.17, 15) is 0 Å². The van der Waals surface area contributed by atoms with E-state index in [1.807, 2.05) is 6.20 Å². The Bertz CT molecular complexity index is 287. The maximum absolute atomic E-state index is 4.47. The van der Waals surface area contributed by atoms with Gasteiger partial charge < -0.3 is 0 Å². The Hall–Kier alpha value is -1.05. The minimum atomic E-state index is 1.11. The minimum Gasteiger partial charge on any atom is -0.286 e. The van der Waals surface area contributed by atoms with Crippen LogP contribution >= 0.6 is 0 Å². The van der Waals surface area contributed by atoms with Gasteiger partial charge in [0.1, 0.15) is 0 Å². The van der Waals surface area contributed by atoms with Crippen molar-refractivity contribution < 1.29 is 0 Å². The molecule has 0 aromatic rings. The first-order valence-electron chi connectivity index (χ1n) is 7.06. The molecule has 96 valence electrons. The van der Waals surface area contributed by atoms with Crippen molar-refractivity contribution in [2.75, 3.05) is 0 Å². The van der Waals surface area contributed by atoms with Crippen LogP contribution in [0.5, 0.6) is 0 Å². The molecule has 0 saturated heterocycles. The fourth-order valence-corrected chi connectivity index (χ4v) is 2.04. The zero-order valence-corrected chi connectivity index (χ0v) is 11.3. The fourth-order valence-electron chi connectivity index (χ4n) is 2.04. The summed E-state index contributed by atoms with van der Waals surface area (Å²) in [6.07, 6.45) is 16.2. The molecule has 0 aromatic carbocycles. The average Bonchev–Trinajstić information content (AvgIpc) is 2.56. The lowest BCUT2D eigenvalue weighted by Gasteiger charge is -2.09. The molecule has 0 radical (unpaired) electrons. The number of unbranched alkanes of at least 4 members (excludes halogenated alkanes) is 4. The van der Waals surface area contributed by atoms with Crippen LogP contribution in [0.3, 0.4) is 0 Å². The molecule has 0 fully saturated rings. The smallest absolute Gasteiger partial charge is 0.0638 e. The monoisotopic (exact) mass is 234 g/mol. The number of hydrogen-bond donors (Lipinski definition) is 1. The van der Waals surface area contributed by atoms with Crippen LogP contribution in [-0.4, -0.2) is 5.71 Å². The molecule has 1 aliphatic heterocycles. The van der Waals surface area contributed by atoms with Gasteiger partial charge in [0.15, 0.2) is 0 Å². The molecule has 0 saturated carbocycles. The van der Waals surface area contributed by atoms with E-state index >= 15 is 0 Å². The van der Waals surface area contributed by atoms with Crippen molar-refractivity contribution in [1.82, 2.24) is 5.43 Å². The van der Waals surface area contributed by atoms with Crippen LogP contribution in [0.15, 0.2) is 29.0 Å². The number of rotatable bonds is 8.